The molecular weight excluding hydrogens is 296 g/mol. The summed E-state index contributed by atoms with van der Waals surface area (Å²) >= 11 is 3.62. The van der Waals surface area contributed by atoms with E-state index < -0.39 is 0 Å². The van der Waals surface area contributed by atoms with E-state index in [-0.39, 0.29) is 6.61 Å². The average Bonchev–Trinajstić information content (AvgIpc) is 2.96. The molecule has 6 heteroatoms. The fourth-order valence-corrected chi connectivity index (χ4v) is 2.61. The molecule has 2 heterocycles. The molecule has 0 bridgehead atoms. The highest BCUT2D eigenvalue weighted by atomic mass is 79.9. The summed E-state index contributed by atoms with van der Waals surface area (Å²) in [6.45, 7) is 5.69. The van der Waals surface area contributed by atoms with E-state index >= 15 is 0 Å². The van der Waals surface area contributed by atoms with E-state index in [4.69, 9.17) is 5.11 Å². The molecule has 0 atom stereocenters. The highest BCUT2D eigenvalue weighted by molar-refractivity contribution is 9.10. The Kier molecular flexibility index (Phi) is 4.19. The number of aliphatic hydroxyl groups excluding tert-OH is 1. The molecule has 0 fully saturated rings. The normalized spacial score (nSPS) is 11.1. The van der Waals surface area contributed by atoms with Gasteiger partial charge in [0.05, 0.1) is 41.0 Å². The number of imidazole rings is 1. The van der Waals surface area contributed by atoms with Gasteiger partial charge < -0.3 is 9.67 Å². The summed E-state index contributed by atoms with van der Waals surface area (Å²) in [7, 11) is 0. The van der Waals surface area contributed by atoms with Crippen LogP contribution in [0.2, 0.25) is 0 Å². The second kappa shape index (κ2) is 5.67. The van der Waals surface area contributed by atoms with Gasteiger partial charge in [0.25, 0.3) is 0 Å². The maximum Gasteiger partial charge on any atom is 0.0954 e. The Morgan fingerprint density at radius 2 is 2.17 bits per heavy atom. The first-order valence-electron chi connectivity index (χ1n) is 6.05. The Morgan fingerprint density at radius 3 is 2.72 bits per heavy atom. The molecule has 1 N–H and O–H groups in total. The van der Waals surface area contributed by atoms with Gasteiger partial charge in [-0.2, -0.15) is 5.10 Å². The quantitative estimate of drug-likeness (QED) is 0.918. The lowest BCUT2D eigenvalue weighted by atomic mass is 10.3. The summed E-state index contributed by atoms with van der Waals surface area (Å²) in [5.41, 5.74) is 2.90. The molecule has 0 saturated carbocycles. The Labute approximate surface area is 115 Å². The minimum absolute atomic E-state index is 0.0264. The third-order valence-corrected chi connectivity index (χ3v) is 3.79. The van der Waals surface area contributed by atoms with Gasteiger partial charge in [-0.05, 0) is 29.3 Å². The summed E-state index contributed by atoms with van der Waals surface area (Å²) in [5.74, 6) is 0. The van der Waals surface area contributed by atoms with Crippen molar-refractivity contribution in [3.63, 3.8) is 0 Å². The van der Waals surface area contributed by atoms with Gasteiger partial charge in [0.2, 0.25) is 0 Å². The smallest absolute Gasteiger partial charge is 0.0954 e. The predicted octanol–water partition coefficient (Wildman–Crippen LogP) is 1.97. The molecule has 2 rings (SSSR count). The zero-order chi connectivity index (χ0) is 13.1. The molecule has 18 heavy (non-hydrogen) atoms. The largest absolute Gasteiger partial charge is 0.390 e. The standard InChI is InChI=1S/C12H17BrN4O/c1-3-10-12(13)11(17(4-2)15-10)6-16-5-9(7-18)14-8-16/h5,8,18H,3-4,6-7H2,1-2H3. The number of aliphatic hydroxyl groups is 1. The predicted molar refractivity (Wildman–Crippen MR) is 72.2 cm³/mol. The van der Waals surface area contributed by atoms with Crippen LogP contribution in [0.1, 0.15) is 30.9 Å². The first kappa shape index (κ1) is 13.3. The lowest BCUT2D eigenvalue weighted by molar-refractivity contribution is 0.277. The van der Waals surface area contributed by atoms with E-state index in [0.717, 1.165) is 28.8 Å². The maximum atomic E-state index is 9.01. The second-order valence-electron chi connectivity index (χ2n) is 4.07. The molecule has 2 aromatic heterocycles. The molecule has 0 spiro atoms. The van der Waals surface area contributed by atoms with Gasteiger partial charge in [-0.15, -0.1) is 0 Å². The highest BCUT2D eigenvalue weighted by Gasteiger charge is 2.14. The second-order valence-corrected chi connectivity index (χ2v) is 4.87. The van der Waals surface area contributed by atoms with Crippen LogP contribution in [0.4, 0.5) is 0 Å². The van der Waals surface area contributed by atoms with E-state index in [2.05, 4.69) is 39.9 Å². The molecule has 0 aromatic carbocycles. The Bertz CT molecular complexity index is 532. The SMILES string of the molecule is CCc1nn(CC)c(Cn2cnc(CO)c2)c1Br. The van der Waals surface area contributed by atoms with Crippen molar-refractivity contribution in [1.82, 2.24) is 19.3 Å². The van der Waals surface area contributed by atoms with Gasteiger partial charge >= 0.3 is 0 Å². The first-order chi connectivity index (χ1) is 8.69. The van der Waals surface area contributed by atoms with Gasteiger partial charge in [-0.25, -0.2) is 4.98 Å². The van der Waals surface area contributed by atoms with Crippen LogP contribution >= 0.6 is 15.9 Å². The van der Waals surface area contributed by atoms with Crippen LogP contribution in [-0.4, -0.2) is 24.4 Å². The van der Waals surface area contributed by atoms with Crippen molar-refractivity contribution in [2.24, 2.45) is 0 Å². The molecule has 98 valence electrons. The minimum atomic E-state index is -0.0264. The van der Waals surface area contributed by atoms with E-state index in [1.807, 2.05) is 15.4 Å². The Hall–Kier alpha value is -1.14. The van der Waals surface area contributed by atoms with Crippen molar-refractivity contribution in [2.45, 2.75) is 40.0 Å². The first-order valence-corrected chi connectivity index (χ1v) is 6.84. The summed E-state index contributed by atoms with van der Waals surface area (Å²) in [4.78, 5) is 4.11. The van der Waals surface area contributed by atoms with Crippen LogP contribution < -0.4 is 0 Å². The van der Waals surface area contributed by atoms with E-state index in [1.165, 1.54) is 0 Å². The van der Waals surface area contributed by atoms with Gasteiger partial charge in [-0.1, -0.05) is 6.92 Å². The lowest BCUT2D eigenvalue weighted by Gasteiger charge is -2.06. The molecule has 0 aliphatic carbocycles. The number of aromatic nitrogens is 4. The molecular formula is C12H17BrN4O. The minimum Gasteiger partial charge on any atom is -0.390 e. The van der Waals surface area contributed by atoms with Gasteiger partial charge in [-0.3, -0.25) is 4.68 Å². The lowest BCUT2D eigenvalue weighted by Crippen LogP contribution is -2.07. The van der Waals surface area contributed by atoms with Crippen LogP contribution in [0.3, 0.4) is 0 Å². The number of aryl methyl sites for hydroxylation is 2. The fourth-order valence-electron chi connectivity index (χ4n) is 1.92. The number of hydrogen-bond acceptors (Lipinski definition) is 3. The molecule has 2 aromatic rings. The summed E-state index contributed by atoms with van der Waals surface area (Å²) in [6.07, 6.45) is 4.49. The molecule has 0 aliphatic heterocycles. The number of halogens is 1. The molecule has 0 radical (unpaired) electrons. The molecule has 0 saturated heterocycles. The van der Waals surface area contributed by atoms with E-state index in [1.54, 1.807) is 6.33 Å². The van der Waals surface area contributed by atoms with E-state index in [9.17, 15) is 0 Å². The zero-order valence-corrected chi connectivity index (χ0v) is 12.2. The number of nitrogens with zero attached hydrogens (tertiary/aromatic N) is 4. The summed E-state index contributed by atoms with van der Waals surface area (Å²) < 4.78 is 5.03. The molecule has 0 unspecified atom stereocenters. The highest BCUT2D eigenvalue weighted by Crippen LogP contribution is 2.23. The maximum absolute atomic E-state index is 9.01. The topological polar surface area (TPSA) is 55.9 Å². The van der Waals surface area contributed by atoms with Gasteiger partial charge in [0.1, 0.15) is 0 Å². The zero-order valence-electron chi connectivity index (χ0n) is 10.6. The van der Waals surface area contributed by atoms with Crippen molar-refractivity contribution in [2.75, 3.05) is 0 Å². The molecule has 5 nitrogen and oxygen atoms in total. The number of rotatable bonds is 5. The Morgan fingerprint density at radius 1 is 1.39 bits per heavy atom. The average molecular weight is 313 g/mol. The van der Waals surface area contributed by atoms with Gasteiger partial charge in [0, 0.05) is 12.7 Å². The molecule has 0 amide bonds. The van der Waals surface area contributed by atoms with Crippen molar-refractivity contribution < 1.29 is 5.11 Å². The van der Waals surface area contributed by atoms with Crippen LogP contribution in [0.5, 0.6) is 0 Å². The fraction of sp³-hybridized carbons (Fsp3) is 0.500. The van der Waals surface area contributed by atoms with Crippen LogP contribution in [0, 0.1) is 0 Å². The third kappa shape index (κ3) is 2.49. The monoisotopic (exact) mass is 312 g/mol. The van der Waals surface area contributed by atoms with Crippen LogP contribution in [0.25, 0.3) is 0 Å². The summed E-state index contributed by atoms with van der Waals surface area (Å²) in [6, 6.07) is 0. The van der Waals surface area contributed by atoms with E-state index in [0.29, 0.717) is 12.2 Å². The third-order valence-electron chi connectivity index (χ3n) is 2.88. The van der Waals surface area contributed by atoms with Gasteiger partial charge in [0.15, 0.2) is 0 Å². The van der Waals surface area contributed by atoms with Crippen molar-refractivity contribution >= 4 is 15.9 Å². The van der Waals surface area contributed by atoms with Crippen LogP contribution in [-0.2, 0) is 26.1 Å². The van der Waals surface area contributed by atoms with Crippen LogP contribution in [0.15, 0.2) is 17.0 Å². The van der Waals surface area contributed by atoms with Crippen molar-refractivity contribution in [3.8, 4) is 0 Å². The van der Waals surface area contributed by atoms with Crippen molar-refractivity contribution in [1.29, 1.82) is 0 Å². The molecule has 0 aliphatic rings. The summed E-state index contributed by atoms with van der Waals surface area (Å²) in [5, 5.41) is 13.6. The number of hydrogen-bond donors (Lipinski definition) is 1. The van der Waals surface area contributed by atoms with Crippen molar-refractivity contribution in [3.05, 3.63) is 34.1 Å². The Balaban J connectivity index is 2.29.